The lowest BCUT2D eigenvalue weighted by Crippen LogP contribution is -2.15. The molecule has 162 valence electrons. The number of nitrogens with one attached hydrogen (secondary N) is 1. The molecule has 0 aliphatic rings. The van der Waals surface area contributed by atoms with E-state index in [9.17, 15) is 14.7 Å². The topological polar surface area (TPSA) is 79.5 Å². The molecule has 32 heavy (non-hydrogen) atoms. The molecule has 1 unspecified atom stereocenters. The molecule has 1 aromatic heterocycles. The zero-order chi connectivity index (χ0) is 22.5. The van der Waals surface area contributed by atoms with Crippen molar-refractivity contribution in [1.29, 1.82) is 0 Å². The molecule has 3 aromatic carbocycles. The van der Waals surface area contributed by atoms with Gasteiger partial charge in [-0.15, -0.1) is 0 Å². The zero-order valence-electron chi connectivity index (χ0n) is 17.9. The van der Waals surface area contributed by atoms with Crippen molar-refractivity contribution in [3.8, 4) is 5.75 Å². The van der Waals surface area contributed by atoms with Crippen LogP contribution < -0.4 is 10.9 Å². The van der Waals surface area contributed by atoms with Crippen LogP contribution in [0.4, 0.5) is 5.69 Å². The van der Waals surface area contributed by atoms with Crippen LogP contribution in [0.5, 0.6) is 5.75 Å². The van der Waals surface area contributed by atoms with Gasteiger partial charge in [0.1, 0.15) is 11.3 Å². The summed E-state index contributed by atoms with van der Waals surface area (Å²) in [4.78, 5) is 25.2. The number of para-hydroxylation sites is 1. The number of carbonyl (C=O) groups excluding carboxylic acids is 1. The van der Waals surface area contributed by atoms with Gasteiger partial charge in [-0.05, 0) is 48.2 Å². The van der Waals surface area contributed by atoms with Crippen molar-refractivity contribution >= 4 is 22.6 Å². The predicted molar refractivity (Wildman–Crippen MR) is 126 cm³/mol. The summed E-state index contributed by atoms with van der Waals surface area (Å²) >= 11 is 0. The maximum atomic E-state index is 12.7. The van der Waals surface area contributed by atoms with E-state index in [0.29, 0.717) is 35.9 Å². The number of benzene rings is 3. The van der Waals surface area contributed by atoms with E-state index in [0.717, 1.165) is 11.1 Å². The SMILES string of the molecule is CCC(c1cccc(NC(=O)CCc2ccccc2)c1)c1c(O)c2ccccc2oc1=O. The van der Waals surface area contributed by atoms with Gasteiger partial charge >= 0.3 is 5.63 Å². The van der Waals surface area contributed by atoms with Crippen LogP contribution >= 0.6 is 0 Å². The monoisotopic (exact) mass is 427 g/mol. The molecule has 1 amide bonds. The van der Waals surface area contributed by atoms with Crippen molar-refractivity contribution < 1.29 is 14.3 Å². The third kappa shape index (κ3) is 4.57. The molecule has 5 nitrogen and oxygen atoms in total. The second-order valence-electron chi connectivity index (χ2n) is 7.77. The third-order valence-corrected chi connectivity index (χ3v) is 5.63. The third-order valence-electron chi connectivity index (χ3n) is 5.63. The maximum absolute atomic E-state index is 12.7. The Morgan fingerprint density at radius 3 is 2.53 bits per heavy atom. The van der Waals surface area contributed by atoms with Crippen molar-refractivity contribution in [1.82, 2.24) is 0 Å². The van der Waals surface area contributed by atoms with E-state index < -0.39 is 5.63 Å². The van der Waals surface area contributed by atoms with Crippen molar-refractivity contribution in [2.24, 2.45) is 0 Å². The first-order chi connectivity index (χ1) is 15.6. The normalized spacial score (nSPS) is 11.9. The first-order valence-electron chi connectivity index (χ1n) is 10.7. The van der Waals surface area contributed by atoms with Crippen LogP contribution in [0.2, 0.25) is 0 Å². The molecule has 0 spiro atoms. The number of fused-ring (bicyclic) bond motifs is 1. The number of aromatic hydroxyl groups is 1. The first-order valence-corrected chi connectivity index (χ1v) is 10.7. The highest BCUT2D eigenvalue weighted by Crippen LogP contribution is 2.36. The lowest BCUT2D eigenvalue weighted by Gasteiger charge is -2.18. The Labute approximate surface area is 186 Å². The van der Waals surface area contributed by atoms with E-state index >= 15 is 0 Å². The molecule has 0 saturated heterocycles. The molecule has 0 aliphatic carbocycles. The van der Waals surface area contributed by atoms with Gasteiger partial charge in [-0.2, -0.15) is 0 Å². The smallest absolute Gasteiger partial charge is 0.343 e. The van der Waals surface area contributed by atoms with Crippen LogP contribution in [0.1, 0.15) is 42.4 Å². The van der Waals surface area contributed by atoms with Crippen molar-refractivity contribution in [3.63, 3.8) is 0 Å². The van der Waals surface area contributed by atoms with Gasteiger partial charge in [0.25, 0.3) is 0 Å². The van der Waals surface area contributed by atoms with Gasteiger partial charge in [0.15, 0.2) is 0 Å². The Bertz CT molecular complexity index is 1290. The Morgan fingerprint density at radius 1 is 1.00 bits per heavy atom. The minimum absolute atomic E-state index is 0.0546. The fraction of sp³-hybridized carbons (Fsp3) is 0.185. The Balaban J connectivity index is 1.57. The molecular formula is C27H25NO4. The van der Waals surface area contributed by atoms with Gasteiger partial charge in [-0.1, -0.05) is 61.5 Å². The van der Waals surface area contributed by atoms with E-state index in [1.807, 2.05) is 61.5 Å². The Morgan fingerprint density at radius 2 is 1.75 bits per heavy atom. The van der Waals surface area contributed by atoms with E-state index in [1.165, 1.54) is 0 Å². The average molecular weight is 428 g/mol. The quantitative estimate of drug-likeness (QED) is 0.376. The average Bonchev–Trinajstić information content (AvgIpc) is 2.81. The van der Waals surface area contributed by atoms with Crippen molar-refractivity contribution in [3.05, 3.63) is 106 Å². The second kappa shape index (κ2) is 9.52. The highest BCUT2D eigenvalue weighted by atomic mass is 16.4. The number of carbonyl (C=O) groups is 1. The summed E-state index contributed by atoms with van der Waals surface area (Å²) in [5.74, 6) is -0.495. The number of hydrogen-bond donors (Lipinski definition) is 2. The van der Waals surface area contributed by atoms with Crippen LogP contribution in [-0.4, -0.2) is 11.0 Å². The van der Waals surface area contributed by atoms with Gasteiger partial charge in [0.05, 0.1) is 10.9 Å². The minimum Gasteiger partial charge on any atom is -0.507 e. The Hall–Kier alpha value is -3.86. The summed E-state index contributed by atoms with van der Waals surface area (Å²) in [5, 5.41) is 14.3. The van der Waals surface area contributed by atoms with Gasteiger partial charge in [-0.25, -0.2) is 4.79 Å². The van der Waals surface area contributed by atoms with Crippen molar-refractivity contribution in [2.75, 3.05) is 5.32 Å². The van der Waals surface area contributed by atoms with E-state index in [4.69, 9.17) is 4.42 Å². The first kappa shape index (κ1) is 21.4. The summed E-state index contributed by atoms with van der Waals surface area (Å²) in [6.45, 7) is 1.95. The molecule has 0 bridgehead atoms. The number of hydrogen-bond acceptors (Lipinski definition) is 4. The fourth-order valence-corrected chi connectivity index (χ4v) is 4.02. The summed E-state index contributed by atoms with van der Waals surface area (Å²) in [7, 11) is 0. The highest BCUT2D eigenvalue weighted by Gasteiger charge is 2.23. The van der Waals surface area contributed by atoms with E-state index in [2.05, 4.69) is 5.32 Å². The molecule has 1 heterocycles. The summed E-state index contributed by atoms with van der Waals surface area (Å²) < 4.78 is 5.46. The molecule has 0 radical (unpaired) electrons. The lowest BCUT2D eigenvalue weighted by atomic mass is 9.88. The van der Waals surface area contributed by atoms with Crippen LogP contribution in [0.25, 0.3) is 11.0 Å². The van der Waals surface area contributed by atoms with Gasteiger partial charge in [0, 0.05) is 18.0 Å². The number of amides is 1. The molecule has 0 fully saturated rings. The van der Waals surface area contributed by atoms with E-state index in [1.54, 1.807) is 24.3 Å². The molecular weight excluding hydrogens is 402 g/mol. The highest BCUT2D eigenvalue weighted by molar-refractivity contribution is 5.91. The standard InChI is InChI=1S/C27H25NO4/c1-2-21(25-26(30)22-13-6-7-14-23(22)32-27(25)31)19-11-8-12-20(17-19)28-24(29)16-15-18-9-4-3-5-10-18/h3-14,17,21,30H,2,15-16H2,1H3,(H,28,29). The van der Waals surface area contributed by atoms with Gasteiger partial charge in [-0.3, -0.25) is 4.79 Å². The predicted octanol–water partition coefficient (Wildman–Crippen LogP) is 5.61. The molecule has 5 heteroatoms. The van der Waals surface area contributed by atoms with Crippen LogP contribution in [0.15, 0.2) is 88.1 Å². The number of aryl methyl sites for hydroxylation is 1. The molecule has 2 N–H and O–H groups in total. The van der Waals surface area contributed by atoms with Crippen LogP contribution in [0.3, 0.4) is 0 Å². The summed E-state index contributed by atoms with van der Waals surface area (Å²) in [6.07, 6.45) is 1.62. The molecule has 4 rings (SSSR count). The fourth-order valence-electron chi connectivity index (χ4n) is 4.02. The molecule has 0 aliphatic heterocycles. The second-order valence-corrected chi connectivity index (χ2v) is 7.77. The summed E-state index contributed by atoms with van der Waals surface area (Å²) in [6, 6.07) is 24.2. The van der Waals surface area contributed by atoms with Gasteiger partial charge < -0.3 is 14.8 Å². The largest absolute Gasteiger partial charge is 0.507 e. The zero-order valence-corrected chi connectivity index (χ0v) is 17.9. The number of anilines is 1. The van der Waals surface area contributed by atoms with E-state index in [-0.39, 0.29) is 23.1 Å². The summed E-state index contributed by atoms with van der Waals surface area (Å²) in [5.41, 5.74) is 2.63. The number of rotatable bonds is 7. The van der Waals surface area contributed by atoms with Crippen molar-refractivity contribution in [2.45, 2.75) is 32.1 Å². The lowest BCUT2D eigenvalue weighted by molar-refractivity contribution is -0.116. The van der Waals surface area contributed by atoms with Gasteiger partial charge in [0.2, 0.25) is 5.91 Å². The van der Waals surface area contributed by atoms with Crippen LogP contribution in [-0.2, 0) is 11.2 Å². The molecule has 4 aromatic rings. The Kier molecular flexibility index (Phi) is 6.36. The molecule has 0 saturated carbocycles. The van der Waals surface area contributed by atoms with Crippen LogP contribution in [0, 0.1) is 0 Å². The molecule has 1 atom stereocenters. The minimum atomic E-state index is -0.551. The maximum Gasteiger partial charge on any atom is 0.343 e.